The Kier molecular flexibility index (Phi) is 15.1. The second-order valence-electron chi connectivity index (χ2n) is 11.6. The van der Waals surface area contributed by atoms with Crippen LogP contribution >= 0.6 is 0 Å². The van der Waals surface area contributed by atoms with E-state index in [4.69, 9.17) is 14.2 Å². The molecular weight excluding hydrogens is 576 g/mol. The second kappa shape index (κ2) is 17.7. The molecule has 1 aromatic heterocycles. The molecule has 228 valence electrons. The molecule has 1 aliphatic carbocycles. The van der Waals surface area contributed by atoms with Gasteiger partial charge in [-0.2, -0.15) is 0 Å². The number of non-ortho nitro benzene ring substituents is 1. The van der Waals surface area contributed by atoms with Gasteiger partial charge in [0.2, 0.25) is 0 Å². The third-order valence-electron chi connectivity index (χ3n) is 5.45. The largest absolute Gasteiger partial charge is 0.513 e. The van der Waals surface area contributed by atoms with Gasteiger partial charge in [-0.15, -0.1) is 0 Å². The van der Waals surface area contributed by atoms with Crippen LogP contribution in [0.5, 0.6) is 5.75 Å². The first-order valence-electron chi connectivity index (χ1n) is 13.3. The number of aldehydes is 2. The molecule has 3 rings (SSSR count). The first-order chi connectivity index (χ1) is 19.6. The number of nitro groups is 1. The lowest BCUT2D eigenvalue weighted by atomic mass is 10.3. The van der Waals surface area contributed by atoms with E-state index in [9.17, 15) is 29.3 Å². The predicted molar refractivity (Wildman–Crippen MR) is 166 cm³/mol. The smallest absolute Gasteiger partial charge is 0.449 e. The fourth-order valence-corrected chi connectivity index (χ4v) is 4.35. The molecule has 0 radical (unpaired) electrons. The predicted octanol–water partition coefficient (Wildman–Crippen LogP) is 7.14. The summed E-state index contributed by atoms with van der Waals surface area (Å²) in [6, 6.07) is 10.3. The number of hydrogen-bond donors (Lipinski definition) is 0. The highest BCUT2D eigenvalue weighted by atomic mass is 28.3. The van der Waals surface area contributed by atoms with E-state index in [0.717, 1.165) is 30.4 Å². The van der Waals surface area contributed by atoms with Crippen LogP contribution in [0.4, 0.5) is 15.3 Å². The minimum atomic E-state index is -1.24. The quantitative estimate of drug-likeness (QED) is 0.0679. The van der Waals surface area contributed by atoms with Gasteiger partial charge in [0, 0.05) is 34.5 Å². The molecule has 0 amide bonds. The van der Waals surface area contributed by atoms with Crippen LogP contribution in [-0.4, -0.2) is 63.7 Å². The van der Waals surface area contributed by atoms with Crippen LogP contribution in [-0.2, 0) is 14.3 Å². The molecule has 0 aliphatic heterocycles. The third-order valence-corrected chi connectivity index (χ3v) is 8.86. The number of nitro benzene ring substituents is 1. The summed E-state index contributed by atoms with van der Waals surface area (Å²) in [6.45, 7) is 13.9. The molecule has 0 N–H and O–H groups in total. The van der Waals surface area contributed by atoms with Gasteiger partial charge in [0.05, 0.1) is 23.8 Å². The van der Waals surface area contributed by atoms with Crippen molar-refractivity contribution >= 4 is 46.7 Å². The summed E-state index contributed by atoms with van der Waals surface area (Å²) < 4.78 is 16.2. The Morgan fingerprint density at radius 2 is 1.52 bits per heavy atom. The highest BCUT2D eigenvalue weighted by Gasteiger charge is 2.16. The average molecular weight is 617 g/mol. The Hall–Kier alpha value is -4.11. The molecule has 2 aromatic rings. The van der Waals surface area contributed by atoms with E-state index in [1.165, 1.54) is 35.0 Å². The van der Waals surface area contributed by atoms with Crippen LogP contribution in [0.2, 0.25) is 51.4 Å². The maximum atomic E-state index is 11.6. The minimum Gasteiger partial charge on any atom is -0.449 e. The normalized spacial score (nSPS) is 12.0. The summed E-state index contributed by atoms with van der Waals surface area (Å²) in [5.41, 5.74) is 1.14. The number of carbonyl (C=O) groups excluding carboxylic acids is 4. The van der Waals surface area contributed by atoms with Crippen molar-refractivity contribution in [3.05, 3.63) is 82.2 Å². The fourth-order valence-electron chi connectivity index (χ4n) is 2.92. The summed E-state index contributed by atoms with van der Waals surface area (Å²) in [5.74, 6) is 0.226. The molecule has 0 bridgehead atoms. The molecule has 0 atom stereocenters. The van der Waals surface area contributed by atoms with Crippen molar-refractivity contribution in [3.8, 4) is 5.75 Å². The summed E-state index contributed by atoms with van der Waals surface area (Å²) in [5, 5.41) is 10.4. The molecule has 0 unspecified atom stereocenters. The maximum absolute atomic E-state index is 11.6. The Labute approximate surface area is 248 Å². The van der Waals surface area contributed by atoms with Crippen molar-refractivity contribution < 1.29 is 38.3 Å². The highest BCUT2D eigenvalue weighted by Crippen LogP contribution is 2.18. The van der Waals surface area contributed by atoms with E-state index < -0.39 is 33.3 Å². The molecule has 1 heterocycles. The number of ether oxygens (including phenoxy) is 3. The zero-order chi connectivity index (χ0) is 31.8. The van der Waals surface area contributed by atoms with Crippen LogP contribution in [0.3, 0.4) is 0 Å². The number of nitrogens with zero attached hydrogens (tertiary/aromatic N) is 2. The summed E-state index contributed by atoms with van der Waals surface area (Å²) in [4.78, 5) is 53.4. The SMILES string of the molecule is C[Si](C)(C)CCOC(=O)Oc1ccc([N+](=O)[O-])cc1.C[Si](C)(C)CCOC(=O)n1cccc1C=O.O=CC1=CC=CC1. The molecule has 0 fully saturated rings. The van der Waals surface area contributed by atoms with E-state index in [-0.39, 0.29) is 11.4 Å². The number of hydrogen-bond acceptors (Lipinski definition) is 9. The standard InChI is InChI=1S/C12H17NO5Si.C11H17NO3Si.C6H6O/c1-19(2,3)9-8-17-12(14)18-11-6-4-10(5-7-11)13(15)16;1-16(2,3)8-7-15-11(14)12-6-4-5-10(12)9-13;7-5-6-3-1-2-4-6/h4-7H,8-9H2,1-3H3;4-6,9H,7-8H2,1-3H3;1-3,5H,4H2. The van der Waals surface area contributed by atoms with Gasteiger partial charge in [-0.05, 0) is 48.3 Å². The zero-order valence-corrected chi connectivity index (χ0v) is 27.0. The van der Waals surface area contributed by atoms with Crippen LogP contribution < -0.4 is 4.74 Å². The van der Waals surface area contributed by atoms with E-state index in [0.29, 0.717) is 25.2 Å². The number of benzene rings is 1. The van der Waals surface area contributed by atoms with Gasteiger partial charge in [0.1, 0.15) is 12.0 Å². The van der Waals surface area contributed by atoms with Gasteiger partial charge >= 0.3 is 12.2 Å². The molecular formula is C29H40N2O9Si2. The van der Waals surface area contributed by atoms with Gasteiger partial charge in [0.15, 0.2) is 6.29 Å². The number of rotatable bonds is 10. The Morgan fingerprint density at radius 3 is 1.98 bits per heavy atom. The van der Waals surface area contributed by atoms with Gasteiger partial charge in [0.25, 0.3) is 5.69 Å². The van der Waals surface area contributed by atoms with Crippen molar-refractivity contribution in [3.63, 3.8) is 0 Å². The van der Waals surface area contributed by atoms with Crippen LogP contribution in [0.15, 0.2) is 66.4 Å². The topological polar surface area (TPSA) is 144 Å². The van der Waals surface area contributed by atoms with E-state index >= 15 is 0 Å². The lowest BCUT2D eigenvalue weighted by Crippen LogP contribution is -2.24. The molecule has 1 aliphatic rings. The minimum absolute atomic E-state index is 0.0561. The average Bonchev–Trinajstić information content (AvgIpc) is 3.60. The van der Waals surface area contributed by atoms with Gasteiger partial charge in [-0.1, -0.05) is 57.5 Å². The number of aromatic nitrogens is 1. The van der Waals surface area contributed by atoms with Crippen LogP contribution in [0.1, 0.15) is 16.9 Å². The third kappa shape index (κ3) is 15.6. The van der Waals surface area contributed by atoms with Crippen molar-refractivity contribution in [2.24, 2.45) is 0 Å². The van der Waals surface area contributed by atoms with Crippen molar-refractivity contribution in [1.82, 2.24) is 4.57 Å². The summed E-state index contributed by atoms with van der Waals surface area (Å²) in [7, 11) is -2.43. The number of carbonyl (C=O) groups is 4. The molecule has 0 saturated heterocycles. The van der Waals surface area contributed by atoms with E-state index in [1.54, 1.807) is 12.1 Å². The molecule has 42 heavy (non-hydrogen) atoms. The molecule has 11 nitrogen and oxygen atoms in total. The Morgan fingerprint density at radius 1 is 0.929 bits per heavy atom. The van der Waals surface area contributed by atoms with Crippen molar-refractivity contribution in [2.45, 2.75) is 57.8 Å². The number of allylic oxidation sites excluding steroid dienone is 4. The Bertz CT molecular complexity index is 1260. The lowest BCUT2D eigenvalue weighted by molar-refractivity contribution is -0.384. The molecule has 1 aromatic carbocycles. The maximum Gasteiger partial charge on any atom is 0.513 e. The second-order valence-corrected chi connectivity index (χ2v) is 22.8. The zero-order valence-electron chi connectivity index (χ0n) is 25.0. The van der Waals surface area contributed by atoms with E-state index in [2.05, 4.69) is 39.3 Å². The molecule has 0 spiro atoms. The van der Waals surface area contributed by atoms with Crippen molar-refractivity contribution in [1.29, 1.82) is 0 Å². The van der Waals surface area contributed by atoms with Gasteiger partial charge in [-0.25, -0.2) is 14.2 Å². The van der Waals surface area contributed by atoms with Gasteiger partial charge < -0.3 is 14.2 Å². The first kappa shape index (κ1) is 35.9. The van der Waals surface area contributed by atoms with Crippen LogP contribution in [0, 0.1) is 10.1 Å². The van der Waals surface area contributed by atoms with Crippen molar-refractivity contribution in [2.75, 3.05) is 13.2 Å². The highest BCUT2D eigenvalue weighted by molar-refractivity contribution is 6.76. The van der Waals surface area contributed by atoms with Gasteiger partial charge in [-0.3, -0.25) is 19.7 Å². The first-order valence-corrected chi connectivity index (χ1v) is 20.8. The lowest BCUT2D eigenvalue weighted by Gasteiger charge is -2.15. The van der Waals surface area contributed by atoms with E-state index in [1.807, 2.05) is 18.2 Å². The summed E-state index contributed by atoms with van der Waals surface area (Å²) in [6.07, 6.45) is 8.29. The molecule has 13 heteroatoms. The van der Waals surface area contributed by atoms with Crippen LogP contribution in [0.25, 0.3) is 0 Å². The summed E-state index contributed by atoms with van der Waals surface area (Å²) >= 11 is 0. The fraction of sp³-hybridized carbons (Fsp3) is 0.379. The monoisotopic (exact) mass is 616 g/mol. The Balaban J connectivity index is 0.000000345. The molecule has 0 saturated carbocycles.